The molecule has 0 unspecified atom stereocenters. The summed E-state index contributed by atoms with van der Waals surface area (Å²) in [4.78, 5) is 2.54. The number of hydrogen-bond acceptors (Lipinski definition) is 1. The lowest BCUT2D eigenvalue weighted by atomic mass is 9.43. The first-order valence-electron chi connectivity index (χ1n) is 21.8. The zero-order chi connectivity index (χ0) is 38.3. The van der Waals surface area contributed by atoms with Crippen molar-refractivity contribution in [3.05, 3.63) is 186 Å². The average molecular weight is 746 g/mol. The topological polar surface area (TPSA) is 3.24 Å². The standard InChI is InChI=1S/C57H47N/c1-56(2)52-16-7-5-13-49(52)51-15-9-14-47(55(51)56)38-20-22-42(23-21-38)58(43-24-26-46-39(33-43)19-18-37-10-3-4-11-45(37)46)44-25-27-50-48-12-6-8-17-53(48)57(54(50)34-44)40-29-35-28-36(31-40)32-41(57)30-35/h3-27,33-36,40-41H,28-32H2,1-2H3. The van der Waals surface area contributed by atoms with Gasteiger partial charge in [0.15, 0.2) is 0 Å². The van der Waals surface area contributed by atoms with Gasteiger partial charge in [0.1, 0.15) is 0 Å². The second-order valence-electron chi connectivity index (χ2n) is 18.9. The lowest BCUT2D eigenvalue weighted by molar-refractivity contribution is -0.0399. The Bertz CT molecular complexity index is 2970. The maximum atomic E-state index is 2.64. The van der Waals surface area contributed by atoms with Gasteiger partial charge in [0.25, 0.3) is 0 Å². The normalized spacial score (nSPS) is 23.9. The van der Waals surface area contributed by atoms with Crippen LogP contribution in [-0.4, -0.2) is 0 Å². The monoisotopic (exact) mass is 745 g/mol. The molecular weight excluding hydrogens is 699 g/mol. The predicted octanol–water partition coefficient (Wildman–Crippen LogP) is 15.2. The van der Waals surface area contributed by atoms with E-state index in [0.29, 0.717) is 0 Å². The van der Waals surface area contributed by atoms with Crippen LogP contribution in [-0.2, 0) is 10.8 Å². The van der Waals surface area contributed by atoms with Gasteiger partial charge >= 0.3 is 0 Å². The van der Waals surface area contributed by atoms with E-state index in [0.717, 1.165) is 23.7 Å². The third-order valence-electron chi connectivity index (χ3n) is 15.8. The average Bonchev–Trinajstić information content (AvgIpc) is 3.68. The highest BCUT2D eigenvalue weighted by Crippen LogP contribution is 2.69. The Morgan fingerprint density at radius 2 is 0.983 bits per heavy atom. The highest BCUT2D eigenvalue weighted by atomic mass is 15.1. The van der Waals surface area contributed by atoms with Crippen LogP contribution in [0.5, 0.6) is 0 Å². The molecule has 4 bridgehead atoms. The van der Waals surface area contributed by atoms with E-state index in [1.807, 2.05) is 0 Å². The molecule has 0 radical (unpaired) electrons. The highest BCUT2D eigenvalue weighted by molar-refractivity contribution is 6.08. The van der Waals surface area contributed by atoms with E-state index in [-0.39, 0.29) is 10.8 Å². The summed E-state index contributed by atoms with van der Waals surface area (Å²) in [5.74, 6) is 3.29. The van der Waals surface area contributed by atoms with E-state index < -0.39 is 0 Å². The molecule has 4 fully saturated rings. The smallest absolute Gasteiger partial charge is 0.0468 e. The number of nitrogens with zero attached hydrogens (tertiary/aromatic N) is 1. The van der Waals surface area contributed by atoms with E-state index >= 15 is 0 Å². The number of rotatable bonds is 4. The van der Waals surface area contributed by atoms with E-state index in [4.69, 9.17) is 0 Å². The summed E-state index contributed by atoms with van der Waals surface area (Å²) in [5, 5.41) is 5.16. The van der Waals surface area contributed by atoms with E-state index in [2.05, 4.69) is 183 Å². The molecule has 0 saturated heterocycles. The maximum Gasteiger partial charge on any atom is 0.0468 e. The van der Waals surface area contributed by atoms with Gasteiger partial charge in [-0.1, -0.05) is 141 Å². The van der Waals surface area contributed by atoms with Crippen molar-refractivity contribution >= 4 is 38.6 Å². The first kappa shape index (κ1) is 33.1. The minimum atomic E-state index is -0.0711. The molecule has 0 heterocycles. The van der Waals surface area contributed by atoms with Crippen LogP contribution in [0.2, 0.25) is 0 Å². The molecule has 0 aliphatic heterocycles. The first-order chi connectivity index (χ1) is 28.5. The molecule has 58 heavy (non-hydrogen) atoms. The molecule has 0 amide bonds. The van der Waals surface area contributed by atoms with Gasteiger partial charge in [-0.05, 0) is 169 Å². The summed E-state index contributed by atoms with van der Waals surface area (Å²) in [5.41, 5.74) is 18.0. The van der Waals surface area contributed by atoms with Crippen LogP contribution >= 0.6 is 0 Å². The lowest BCUT2D eigenvalue weighted by Gasteiger charge is -2.61. The van der Waals surface area contributed by atoms with Crippen molar-refractivity contribution in [2.24, 2.45) is 23.7 Å². The van der Waals surface area contributed by atoms with Crippen LogP contribution in [0.1, 0.15) is 68.2 Å². The molecule has 14 rings (SSSR count). The highest BCUT2D eigenvalue weighted by Gasteiger charge is 2.61. The zero-order valence-corrected chi connectivity index (χ0v) is 33.4. The zero-order valence-electron chi connectivity index (χ0n) is 33.4. The van der Waals surface area contributed by atoms with Gasteiger partial charge in [0, 0.05) is 27.9 Å². The summed E-state index contributed by atoms with van der Waals surface area (Å²) in [6.45, 7) is 4.78. The Labute approximate surface area is 342 Å². The molecule has 6 aliphatic rings. The summed E-state index contributed by atoms with van der Waals surface area (Å²) >= 11 is 0. The number of fused-ring (bicyclic) bond motifs is 9. The fraction of sp³-hybridized carbons (Fsp3) is 0.228. The van der Waals surface area contributed by atoms with Crippen molar-refractivity contribution in [2.75, 3.05) is 4.90 Å². The SMILES string of the molecule is CC1(C)c2ccccc2-c2cccc(-c3ccc(N(c4ccc5c(c4)C4(c6ccccc6-5)C5CC6CC(C5)CC4C6)c4ccc5c(ccc6ccccc65)c4)cc3)c21. The Hall–Kier alpha value is -5.92. The quantitative estimate of drug-likeness (QED) is 0.162. The van der Waals surface area contributed by atoms with E-state index in [1.54, 1.807) is 11.1 Å². The molecule has 4 saturated carbocycles. The molecular formula is C57H47N. The largest absolute Gasteiger partial charge is 0.310 e. The molecule has 8 aromatic rings. The van der Waals surface area contributed by atoms with Gasteiger partial charge in [0.2, 0.25) is 0 Å². The van der Waals surface area contributed by atoms with Crippen molar-refractivity contribution in [3.8, 4) is 33.4 Å². The summed E-state index contributed by atoms with van der Waals surface area (Å²) < 4.78 is 0. The number of hydrogen-bond donors (Lipinski definition) is 0. The van der Waals surface area contributed by atoms with Crippen molar-refractivity contribution in [1.82, 2.24) is 0 Å². The minimum absolute atomic E-state index is 0.0711. The van der Waals surface area contributed by atoms with Crippen molar-refractivity contribution in [2.45, 2.75) is 56.8 Å². The molecule has 0 N–H and O–H groups in total. The van der Waals surface area contributed by atoms with Crippen LogP contribution in [0.25, 0.3) is 54.9 Å². The van der Waals surface area contributed by atoms with Crippen LogP contribution in [0, 0.1) is 23.7 Å². The predicted molar refractivity (Wildman–Crippen MR) is 242 cm³/mol. The van der Waals surface area contributed by atoms with Gasteiger partial charge in [0.05, 0.1) is 0 Å². The number of anilines is 3. The van der Waals surface area contributed by atoms with Gasteiger partial charge in [-0.25, -0.2) is 0 Å². The summed E-state index contributed by atoms with van der Waals surface area (Å²) in [6, 6.07) is 62.9. The fourth-order valence-electron chi connectivity index (χ4n) is 13.7. The molecule has 1 spiro atoms. The maximum absolute atomic E-state index is 2.64. The molecule has 8 aromatic carbocycles. The molecule has 1 nitrogen and oxygen atoms in total. The van der Waals surface area contributed by atoms with Crippen LogP contribution < -0.4 is 4.90 Å². The summed E-state index contributed by atoms with van der Waals surface area (Å²) in [7, 11) is 0. The molecule has 280 valence electrons. The van der Waals surface area contributed by atoms with Crippen LogP contribution in [0.3, 0.4) is 0 Å². The van der Waals surface area contributed by atoms with Gasteiger partial charge in [-0.3, -0.25) is 0 Å². The Morgan fingerprint density at radius 1 is 0.414 bits per heavy atom. The van der Waals surface area contributed by atoms with Crippen molar-refractivity contribution < 1.29 is 0 Å². The molecule has 6 aliphatic carbocycles. The Balaban J connectivity index is 0.986. The third kappa shape index (κ3) is 4.37. The van der Waals surface area contributed by atoms with Gasteiger partial charge in [-0.15, -0.1) is 0 Å². The minimum Gasteiger partial charge on any atom is -0.310 e. The summed E-state index contributed by atoms with van der Waals surface area (Å²) in [6.07, 6.45) is 7.02. The van der Waals surface area contributed by atoms with Crippen molar-refractivity contribution in [3.63, 3.8) is 0 Å². The van der Waals surface area contributed by atoms with Crippen molar-refractivity contribution in [1.29, 1.82) is 0 Å². The van der Waals surface area contributed by atoms with Gasteiger partial charge < -0.3 is 4.90 Å². The molecule has 0 atom stereocenters. The molecule has 1 heteroatoms. The second-order valence-corrected chi connectivity index (χ2v) is 18.9. The van der Waals surface area contributed by atoms with E-state index in [9.17, 15) is 0 Å². The third-order valence-corrected chi connectivity index (χ3v) is 15.8. The first-order valence-corrected chi connectivity index (χ1v) is 21.8. The van der Waals surface area contributed by atoms with Gasteiger partial charge in [-0.2, -0.15) is 0 Å². The molecule has 0 aromatic heterocycles. The number of benzene rings is 8. The lowest BCUT2D eigenvalue weighted by Crippen LogP contribution is -2.55. The van der Waals surface area contributed by atoms with Crippen LogP contribution in [0.15, 0.2) is 164 Å². The van der Waals surface area contributed by atoms with E-state index in [1.165, 1.54) is 115 Å². The second kappa shape index (κ2) is 11.8. The van der Waals surface area contributed by atoms with Crippen LogP contribution in [0.4, 0.5) is 17.1 Å². The fourth-order valence-corrected chi connectivity index (χ4v) is 13.7. The Kier molecular flexibility index (Phi) is 6.75. The Morgan fingerprint density at radius 3 is 1.78 bits per heavy atom.